The van der Waals surface area contributed by atoms with Gasteiger partial charge in [0.1, 0.15) is 0 Å². The lowest BCUT2D eigenvalue weighted by molar-refractivity contribution is -0.792. The monoisotopic (exact) mass is 569 g/mol. The summed E-state index contributed by atoms with van der Waals surface area (Å²) in [6.45, 7) is 7.24. The molecule has 4 aromatic carbocycles. The third-order valence-corrected chi connectivity index (χ3v) is 9.43. The fraction of sp³-hybridized carbons (Fsp3) is 0.122. The van der Waals surface area contributed by atoms with Gasteiger partial charge in [-0.3, -0.25) is 0 Å². The van der Waals surface area contributed by atoms with Crippen molar-refractivity contribution in [3.63, 3.8) is 0 Å². The maximum atomic E-state index is 4.16. The third kappa shape index (κ3) is 4.19. The van der Waals surface area contributed by atoms with E-state index in [-0.39, 0.29) is 6.04 Å². The smallest absolute Gasteiger partial charge is 0.223 e. The van der Waals surface area contributed by atoms with Crippen molar-refractivity contribution in [1.29, 1.82) is 0 Å². The highest BCUT2D eigenvalue weighted by atomic mass is 15.1. The molecule has 212 valence electrons. The van der Waals surface area contributed by atoms with Crippen LogP contribution in [0.25, 0.3) is 50.0 Å². The number of para-hydroxylation sites is 2. The Morgan fingerprint density at radius 1 is 0.682 bits per heavy atom. The molecule has 1 aliphatic heterocycles. The van der Waals surface area contributed by atoms with E-state index >= 15 is 0 Å². The second-order valence-corrected chi connectivity index (χ2v) is 11.9. The number of fused-ring (bicyclic) bond motifs is 6. The van der Waals surface area contributed by atoms with Crippen LogP contribution in [0.4, 0.5) is 0 Å². The molecule has 4 heterocycles. The number of rotatable bonds is 6. The minimum atomic E-state index is 0.242. The quantitative estimate of drug-likeness (QED) is 0.140. The molecular weight excluding hydrogens is 534 g/mol. The van der Waals surface area contributed by atoms with E-state index in [9.17, 15) is 0 Å². The Morgan fingerprint density at radius 2 is 1.34 bits per heavy atom. The molecule has 1 aliphatic rings. The van der Waals surface area contributed by atoms with Crippen molar-refractivity contribution >= 4 is 21.8 Å². The standard InChI is InChI=1S/C41H35N3/c1-3-14-32-31-15-4-5-16-33(31)38-20-11-13-26-43(38)41(32)28-42-25-12-10-19-37(42)36-27-30(24-23-29(36)2)44-39-21-8-6-17-34(39)35-18-7-9-22-40(35)44/h3-13,15-27,32,41H,1,14,28H2,2H3/q+2. The van der Waals surface area contributed by atoms with Gasteiger partial charge in [-0.2, -0.15) is 9.13 Å². The van der Waals surface area contributed by atoms with E-state index in [1.807, 2.05) is 0 Å². The number of aromatic nitrogens is 3. The van der Waals surface area contributed by atoms with Gasteiger partial charge in [-0.1, -0.05) is 66.7 Å². The van der Waals surface area contributed by atoms with Gasteiger partial charge < -0.3 is 4.57 Å². The highest BCUT2D eigenvalue weighted by Gasteiger charge is 2.42. The molecule has 0 fully saturated rings. The molecule has 8 rings (SSSR count). The minimum Gasteiger partial charge on any atom is -0.309 e. The third-order valence-electron chi connectivity index (χ3n) is 9.43. The largest absolute Gasteiger partial charge is 0.309 e. The summed E-state index contributed by atoms with van der Waals surface area (Å²) >= 11 is 0. The number of allylic oxidation sites excluding steroid dienone is 1. The Hall–Kier alpha value is -5.28. The molecule has 2 unspecified atom stereocenters. The zero-order valence-electron chi connectivity index (χ0n) is 25.0. The van der Waals surface area contributed by atoms with Gasteiger partial charge >= 0.3 is 0 Å². The molecule has 3 heteroatoms. The Kier molecular flexibility index (Phi) is 6.45. The number of aryl methyl sites for hydroxylation is 1. The molecule has 0 N–H and O–H groups in total. The van der Waals surface area contributed by atoms with Crippen molar-refractivity contribution in [3.8, 4) is 28.2 Å². The molecule has 3 nitrogen and oxygen atoms in total. The van der Waals surface area contributed by atoms with E-state index in [1.54, 1.807) is 0 Å². The van der Waals surface area contributed by atoms with Gasteiger partial charge in [0.25, 0.3) is 0 Å². The molecule has 0 radical (unpaired) electrons. The summed E-state index contributed by atoms with van der Waals surface area (Å²) in [5.74, 6) is 0.328. The van der Waals surface area contributed by atoms with Crippen molar-refractivity contribution in [3.05, 3.63) is 164 Å². The van der Waals surface area contributed by atoms with Gasteiger partial charge in [0.2, 0.25) is 24.0 Å². The molecule has 0 saturated carbocycles. The van der Waals surface area contributed by atoms with Gasteiger partial charge in [0.15, 0.2) is 12.4 Å². The lowest BCUT2D eigenvalue weighted by Gasteiger charge is -2.28. The lowest BCUT2D eigenvalue weighted by Crippen LogP contribution is -2.54. The van der Waals surface area contributed by atoms with Crippen molar-refractivity contribution in [2.75, 3.05) is 0 Å². The molecule has 7 aromatic rings. The Balaban J connectivity index is 1.27. The number of pyridine rings is 2. The van der Waals surface area contributed by atoms with Crippen LogP contribution in [0.3, 0.4) is 0 Å². The predicted octanol–water partition coefficient (Wildman–Crippen LogP) is 8.92. The molecule has 0 amide bonds. The van der Waals surface area contributed by atoms with Crippen LogP contribution >= 0.6 is 0 Å². The Morgan fingerprint density at radius 3 is 2.11 bits per heavy atom. The number of benzene rings is 4. The normalized spacial score (nSPS) is 15.7. The van der Waals surface area contributed by atoms with Crippen molar-refractivity contribution in [2.24, 2.45) is 0 Å². The Labute approximate surface area is 258 Å². The van der Waals surface area contributed by atoms with Crippen molar-refractivity contribution in [1.82, 2.24) is 4.57 Å². The lowest BCUT2D eigenvalue weighted by atomic mass is 9.81. The maximum absolute atomic E-state index is 4.16. The first-order valence-electron chi connectivity index (χ1n) is 15.5. The summed E-state index contributed by atoms with van der Waals surface area (Å²) in [4.78, 5) is 0. The molecule has 0 saturated heterocycles. The van der Waals surface area contributed by atoms with Gasteiger partial charge in [0, 0.05) is 46.3 Å². The molecule has 0 aliphatic carbocycles. The van der Waals surface area contributed by atoms with E-state index in [4.69, 9.17) is 0 Å². The van der Waals surface area contributed by atoms with Crippen LogP contribution in [-0.4, -0.2) is 4.57 Å². The summed E-state index contributed by atoms with van der Waals surface area (Å²) in [7, 11) is 0. The first-order chi connectivity index (χ1) is 21.7. The fourth-order valence-electron chi connectivity index (χ4n) is 7.41. The number of nitrogens with zero attached hydrogens (tertiary/aromatic N) is 3. The second-order valence-electron chi connectivity index (χ2n) is 11.9. The first-order valence-corrected chi connectivity index (χ1v) is 15.5. The van der Waals surface area contributed by atoms with E-state index < -0.39 is 0 Å². The highest BCUT2D eigenvalue weighted by molar-refractivity contribution is 6.09. The minimum absolute atomic E-state index is 0.242. The van der Waals surface area contributed by atoms with Crippen LogP contribution in [0.5, 0.6) is 0 Å². The van der Waals surface area contributed by atoms with E-state index in [0.717, 1.165) is 13.0 Å². The predicted molar refractivity (Wildman–Crippen MR) is 180 cm³/mol. The van der Waals surface area contributed by atoms with E-state index in [0.29, 0.717) is 5.92 Å². The van der Waals surface area contributed by atoms with Gasteiger partial charge in [-0.25, -0.2) is 0 Å². The number of hydrogen-bond donors (Lipinski definition) is 0. The SMILES string of the molecule is C=CCC1c2ccccc2-c2cccc[n+]2C1C[n+]1ccccc1-c1cc(-n2c3ccccc3c3ccccc32)ccc1C. The van der Waals surface area contributed by atoms with Gasteiger partial charge in [-0.15, -0.1) is 6.58 Å². The summed E-state index contributed by atoms with van der Waals surface area (Å²) < 4.78 is 7.35. The molecule has 3 aromatic heterocycles. The zero-order chi connectivity index (χ0) is 29.6. The summed E-state index contributed by atoms with van der Waals surface area (Å²) in [5, 5.41) is 2.56. The van der Waals surface area contributed by atoms with Crippen LogP contribution < -0.4 is 9.13 Å². The van der Waals surface area contributed by atoms with E-state index in [2.05, 4.69) is 173 Å². The topological polar surface area (TPSA) is 12.7 Å². The molecule has 0 bridgehead atoms. The highest BCUT2D eigenvalue weighted by Crippen LogP contribution is 2.40. The summed E-state index contributed by atoms with van der Waals surface area (Å²) in [6.07, 6.45) is 7.51. The van der Waals surface area contributed by atoms with Crippen molar-refractivity contribution in [2.45, 2.75) is 31.8 Å². The molecular formula is C41H35N3+2. The first kappa shape index (κ1) is 26.4. The number of hydrogen-bond acceptors (Lipinski definition) is 0. The average Bonchev–Trinajstić information content (AvgIpc) is 3.41. The second kappa shape index (κ2) is 10.8. The fourth-order valence-corrected chi connectivity index (χ4v) is 7.41. The van der Waals surface area contributed by atoms with Crippen LogP contribution in [0.15, 0.2) is 152 Å². The molecule has 0 spiro atoms. The summed E-state index contributed by atoms with van der Waals surface area (Å²) in [5.41, 5.74) is 11.4. The van der Waals surface area contributed by atoms with Crippen LogP contribution in [0.2, 0.25) is 0 Å². The summed E-state index contributed by atoms with van der Waals surface area (Å²) in [6, 6.07) is 46.6. The van der Waals surface area contributed by atoms with Gasteiger partial charge in [0.05, 0.1) is 22.5 Å². The zero-order valence-corrected chi connectivity index (χ0v) is 25.0. The van der Waals surface area contributed by atoms with Crippen LogP contribution in [0.1, 0.15) is 29.5 Å². The van der Waals surface area contributed by atoms with Crippen molar-refractivity contribution < 1.29 is 9.13 Å². The Bertz CT molecular complexity index is 2130. The maximum Gasteiger partial charge on any atom is 0.223 e. The van der Waals surface area contributed by atoms with Crippen LogP contribution in [-0.2, 0) is 6.54 Å². The van der Waals surface area contributed by atoms with Gasteiger partial charge in [-0.05, 0) is 66.9 Å². The van der Waals surface area contributed by atoms with Crippen LogP contribution in [0, 0.1) is 6.92 Å². The molecule has 2 atom stereocenters. The van der Waals surface area contributed by atoms with E-state index in [1.165, 1.54) is 61.1 Å². The molecule has 44 heavy (non-hydrogen) atoms. The average molecular weight is 570 g/mol.